The molecule has 0 heterocycles. The molecule has 1 atom stereocenters. The van der Waals surface area contributed by atoms with Gasteiger partial charge < -0.3 is 16.0 Å². The second-order valence-corrected chi connectivity index (χ2v) is 6.48. The Balaban J connectivity index is 2.59. The third kappa shape index (κ3) is 6.40. The third-order valence-electron chi connectivity index (χ3n) is 3.52. The van der Waals surface area contributed by atoms with Crippen LogP contribution >= 0.6 is 0 Å². The largest absolute Gasteiger partial charge is 0.350 e. The van der Waals surface area contributed by atoms with Crippen molar-refractivity contribution in [2.24, 2.45) is 11.8 Å². The zero-order valence-electron chi connectivity index (χ0n) is 15.0. The summed E-state index contributed by atoms with van der Waals surface area (Å²) in [5.74, 6) is -0.550. The highest BCUT2D eigenvalue weighted by atomic mass is 16.2. The van der Waals surface area contributed by atoms with E-state index in [-0.39, 0.29) is 29.6 Å². The van der Waals surface area contributed by atoms with E-state index in [2.05, 4.69) is 16.0 Å². The van der Waals surface area contributed by atoms with Gasteiger partial charge in [0.15, 0.2) is 0 Å². The fraction of sp³-hybridized carbons (Fsp3) is 0.500. The summed E-state index contributed by atoms with van der Waals surface area (Å²) < 4.78 is 0. The van der Waals surface area contributed by atoms with Crippen LogP contribution in [0.3, 0.4) is 0 Å². The average molecular weight is 333 g/mol. The van der Waals surface area contributed by atoms with Crippen LogP contribution in [0.2, 0.25) is 0 Å². The number of carbonyl (C=O) groups excluding carboxylic acids is 3. The molecule has 24 heavy (non-hydrogen) atoms. The molecule has 1 rings (SSSR count). The number of anilines is 1. The fourth-order valence-corrected chi connectivity index (χ4v) is 2.05. The van der Waals surface area contributed by atoms with Crippen LogP contribution in [-0.2, 0) is 20.9 Å². The van der Waals surface area contributed by atoms with Gasteiger partial charge in [-0.1, -0.05) is 39.8 Å². The molecule has 0 aliphatic rings. The van der Waals surface area contributed by atoms with Crippen LogP contribution in [0, 0.1) is 11.8 Å². The van der Waals surface area contributed by atoms with Gasteiger partial charge in [-0.15, -0.1) is 0 Å². The van der Waals surface area contributed by atoms with Gasteiger partial charge in [-0.05, 0) is 23.6 Å². The second-order valence-electron chi connectivity index (χ2n) is 6.48. The first kappa shape index (κ1) is 19.7. The fourth-order valence-electron chi connectivity index (χ4n) is 2.05. The summed E-state index contributed by atoms with van der Waals surface area (Å²) in [6, 6.07) is 6.75. The van der Waals surface area contributed by atoms with E-state index in [1.807, 2.05) is 39.8 Å². The molecule has 0 aromatic heterocycles. The third-order valence-corrected chi connectivity index (χ3v) is 3.52. The summed E-state index contributed by atoms with van der Waals surface area (Å²) in [7, 11) is 0. The maximum atomic E-state index is 12.2. The van der Waals surface area contributed by atoms with Crippen molar-refractivity contribution in [1.29, 1.82) is 0 Å². The molecular formula is C18H27N3O3. The Labute approximate surface area is 143 Å². The average Bonchev–Trinajstić information content (AvgIpc) is 2.51. The molecule has 0 saturated carbocycles. The van der Waals surface area contributed by atoms with Crippen molar-refractivity contribution in [3.8, 4) is 0 Å². The van der Waals surface area contributed by atoms with Crippen LogP contribution in [0.1, 0.15) is 40.2 Å². The summed E-state index contributed by atoms with van der Waals surface area (Å²) >= 11 is 0. The summed E-state index contributed by atoms with van der Waals surface area (Å²) in [5.41, 5.74) is 1.64. The van der Waals surface area contributed by atoms with E-state index < -0.39 is 6.04 Å². The first-order chi connectivity index (χ1) is 11.2. The molecule has 0 fully saturated rings. The lowest BCUT2D eigenvalue weighted by Gasteiger charge is -2.21. The molecule has 1 unspecified atom stereocenters. The lowest BCUT2D eigenvalue weighted by molar-refractivity contribution is -0.129. The van der Waals surface area contributed by atoms with Crippen molar-refractivity contribution in [3.63, 3.8) is 0 Å². The molecule has 6 nitrogen and oxygen atoms in total. The molecule has 0 saturated heterocycles. The lowest BCUT2D eigenvalue weighted by Crippen LogP contribution is -2.48. The predicted molar refractivity (Wildman–Crippen MR) is 94.2 cm³/mol. The Bertz CT molecular complexity index is 580. The summed E-state index contributed by atoms with van der Waals surface area (Å²) in [6.45, 7) is 9.19. The molecule has 0 radical (unpaired) electrons. The molecule has 6 heteroatoms. The number of nitrogens with one attached hydrogen (secondary N) is 3. The minimum absolute atomic E-state index is 0.00234. The minimum atomic E-state index is -0.549. The lowest BCUT2D eigenvalue weighted by atomic mass is 10.0. The summed E-state index contributed by atoms with van der Waals surface area (Å²) in [5, 5.41) is 8.30. The Morgan fingerprint density at radius 1 is 0.958 bits per heavy atom. The van der Waals surface area contributed by atoms with Gasteiger partial charge in [-0.25, -0.2) is 0 Å². The SMILES string of the molecule is CC(=O)NC(C(=O)NCc1ccc(NC(=O)C(C)C)cc1)C(C)C. The highest BCUT2D eigenvalue weighted by Crippen LogP contribution is 2.11. The van der Waals surface area contributed by atoms with Crippen molar-refractivity contribution in [2.45, 2.75) is 47.2 Å². The van der Waals surface area contributed by atoms with E-state index in [0.29, 0.717) is 6.54 Å². The van der Waals surface area contributed by atoms with E-state index in [0.717, 1.165) is 11.3 Å². The maximum absolute atomic E-state index is 12.2. The second kappa shape index (κ2) is 9.05. The molecule has 0 bridgehead atoms. The Hall–Kier alpha value is -2.37. The zero-order valence-corrected chi connectivity index (χ0v) is 15.0. The van der Waals surface area contributed by atoms with Crippen molar-refractivity contribution in [2.75, 3.05) is 5.32 Å². The quantitative estimate of drug-likeness (QED) is 0.714. The molecule has 1 aromatic rings. The van der Waals surface area contributed by atoms with Gasteiger partial charge in [-0.3, -0.25) is 14.4 Å². The van der Waals surface area contributed by atoms with Crippen molar-refractivity contribution < 1.29 is 14.4 Å². The molecule has 3 amide bonds. The highest BCUT2D eigenvalue weighted by Gasteiger charge is 2.22. The van der Waals surface area contributed by atoms with Gasteiger partial charge in [0, 0.05) is 25.1 Å². The molecule has 0 aliphatic heterocycles. The number of amides is 3. The van der Waals surface area contributed by atoms with Crippen LogP contribution in [0.4, 0.5) is 5.69 Å². The van der Waals surface area contributed by atoms with Crippen molar-refractivity contribution in [3.05, 3.63) is 29.8 Å². The van der Waals surface area contributed by atoms with E-state index in [1.165, 1.54) is 6.92 Å². The van der Waals surface area contributed by atoms with Crippen LogP contribution in [0.15, 0.2) is 24.3 Å². The maximum Gasteiger partial charge on any atom is 0.243 e. The van der Waals surface area contributed by atoms with Gasteiger partial charge >= 0.3 is 0 Å². The van der Waals surface area contributed by atoms with Crippen LogP contribution in [-0.4, -0.2) is 23.8 Å². The zero-order chi connectivity index (χ0) is 18.3. The van der Waals surface area contributed by atoms with Gasteiger partial charge in [0.1, 0.15) is 6.04 Å². The van der Waals surface area contributed by atoms with E-state index in [9.17, 15) is 14.4 Å². The van der Waals surface area contributed by atoms with E-state index in [1.54, 1.807) is 12.1 Å². The predicted octanol–water partition coefficient (Wildman–Crippen LogP) is 2.06. The van der Waals surface area contributed by atoms with Crippen molar-refractivity contribution in [1.82, 2.24) is 10.6 Å². The Kier molecular flexibility index (Phi) is 7.42. The summed E-state index contributed by atoms with van der Waals surface area (Å²) in [6.07, 6.45) is 0. The van der Waals surface area contributed by atoms with Crippen LogP contribution < -0.4 is 16.0 Å². The number of benzene rings is 1. The van der Waals surface area contributed by atoms with E-state index in [4.69, 9.17) is 0 Å². The normalized spacial score (nSPS) is 12.0. The van der Waals surface area contributed by atoms with Gasteiger partial charge in [-0.2, -0.15) is 0 Å². The molecule has 1 aromatic carbocycles. The first-order valence-corrected chi connectivity index (χ1v) is 8.15. The Morgan fingerprint density at radius 3 is 2.00 bits per heavy atom. The van der Waals surface area contributed by atoms with Crippen LogP contribution in [0.5, 0.6) is 0 Å². The number of hydrogen-bond donors (Lipinski definition) is 3. The number of carbonyl (C=O) groups is 3. The van der Waals surface area contributed by atoms with Crippen molar-refractivity contribution >= 4 is 23.4 Å². The molecule has 3 N–H and O–H groups in total. The highest BCUT2D eigenvalue weighted by molar-refractivity contribution is 5.92. The molecule has 132 valence electrons. The first-order valence-electron chi connectivity index (χ1n) is 8.15. The van der Waals surface area contributed by atoms with Gasteiger partial charge in [0.25, 0.3) is 0 Å². The standard InChI is InChI=1S/C18H27N3O3/c1-11(2)16(20-13(5)22)18(24)19-10-14-6-8-15(9-7-14)21-17(23)12(3)4/h6-9,11-12,16H,10H2,1-5H3,(H,19,24)(H,20,22)(H,21,23). The van der Waals surface area contributed by atoms with E-state index >= 15 is 0 Å². The minimum Gasteiger partial charge on any atom is -0.350 e. The monoisotopic (exact) mass is 333 g/mol. The number of rotatable bonds is 7. The molecular weight excluding hydrogens is 306 g/mol. The van der Waals surface area contributed by atoms with Crippen LogP contribution in [0.25, 0.3) is 0 Å². The topological polar surface area (TPSA) is 87.3 Å². The Morgan fingerprint density at radius 2 is 1.54 bits per heavy atom. The molecule has 0 aliphatic carbocycles. The summed E-state index contributed by atoms with van der Waals surface area (Å²) in [4.78, 5) is 35.0. The van der Waals surface area contributed by atoms with Gasteiger partial charge in [0.05, 0.1) is 0 Å². The van der Waals surface area contributed by atoms with Gasteiger partial charge in [0.2, 0.25) is 17.7 Å². The number of hydrogen-bond acceptors (Lipinski definition) is 3. The molecule has 0 spiro atoms. The smallest absolute Gasteiger partial charge is 0.243 e.